The number of hydrogen-bond donors (Lipinski definition) is 0. The highest BCUT2D eigenvalue weighted by atomic mass is 79.9. The van der Waals surface area contributed by atoms with Gasteiger partial charge in [0.1, 0.15) is 5.75 Å². The van der Waals surface area contributed by atoms with Crippen molar-refractivity contribution >= 4 is 21.9 Å². The van der Waals surface area contributed by atoms with Gasteiger partial charge in [0.05, 0.1) is 20.6 Å². The molecule has 0 amide bonds. The quantitative estimate of drug-likeness (QED) is 0.620. The average molecular weight is 301 g/mol. The number of rotatable bonds is 5. The van der Waals surface area contributed by atoms with E-state index < -0.39 is 0 Å². The molecule has 0 aromatic heterocycles. The Balaban J connectivity index is 2.72. The number of hydrogen-bond acceptors (Lipinski definition) is 3. The first-order valence-corrected chi connectivity index (χ1v) is 6.32. The average Bonchev–Trinajstić information content (AvgIpc) is 2.29. The first-order chi connectivity index (χ1) is 8.06. The summed E-state index contributed by atoms with van der Waals surface area (Å²) in [7, 11) is 3.05. The van der Waals surface area contributed by atoms with E-state index in [0.29, 0.717) is 6.42 Å². The molecule has 0 fully saturated rings. The van der Waals surface area contributed by atoms with Crippen LogP contribution in [-0.4, -0.2) is 25.0 Å². The van der Waals surface area contributed by atoms with E-state index >= 15 is 0 Å². The van der Waals surface area contributed by atoms with E-state index in [4.69, 9.17) is 4.74 Å². The van der Waals surface area contributed by atoms with Gasteiger partial charge in [-0.05, 0) is 25.0 Å². The van der Waals surface area contributed by atoms with Crippen LogP contribution in [0.1, 0.15) is 17.5 Å². The summed E-state index contributed by atoms with van der Waals surface area (Å²) in [6.45, 7) is 2.03. The second-order valence-electron chi connectivity index (χ2n) is 3.90. The lowest BCUT2D eigenvalue weighted by molar-refractivity contribution is -0.140. The predicted molar refractivity (Wildman–Crippen MR) is 70.8 cm³/mol. The molecule has 0 bridgehead atoms. The van der Waals surface area contributed by atoms with E-state index in [1.54, 1.807) is 7.11 Å². The molecular weight excluding hydrogens is 284 g/mol. The molecule has 0 aliphatic carbocycles. The molecule has 0 aliphatic rings. The van der Waals surface area contributed by atoms with Crippen molar-refractivity contribution in [1.82, 2.24) is 0 Å². The van der Waals surface area contributed by atoms with Crippen molar-refractivity contribution in [1.29, 1.82) is 0 Å². The van der Waals surface area contributed by atoms with Crippen molar-refractivity contribution < 1.29 is 14.3 Å². The van der Waals surface area contributed by atoms with Crippen molar-refractivity contribution in [2.75, 3.05) is 14.2 Å². The first kappa shape index (κ1) is 14.0. The molecule has 17 heavy (non-hydrogen) atoms. The number of alkyl halides is 1. The molecule has 0 heterocycles. The molecule has 1 atom stereocenters. The summed E-state index contributed by atoms with van der Waals surface area (Å²) >= 11 is 3.49. The number of esters is 1. The molecule has 94 valence electrons. The van der Waals surface area contributed by atoms with E-state index in [0.717, 1.165) is 17.7 Å². The fraction of sp³-hybridized carbons (Fsp3) is 0.462. The van der Waals surface area contributed by atoms with Crippen LogP contribution in [0.15, 0.2) is 18.2 Å². The molecule has 1 rings (SSSR count). The maximum atomic E-state index is 11.2. The Morgan fingerprint density at radius 2 is 2.12 bits per heavy atom. The van der Waals surface area contributed by atoms with Gasteiger partial charge in [-0.3, -0.25) is 4.79 Å². The number of methoxy groups -OCH3 is 2. The molecule has 1 aromatic rings. The number of carbonyl (C=O) groups is 1. The third kappa shape index (κ3) is 4.38. The SMILES string of the molecule is COC(=O)CC(Br)Cc1cc(C)ccc1OC. The topological polar surface area (TPSA) is 35.5 Å². The van der Waals surface area contributed by atoms with Gasteiger partial charge in [0.15, 0.2) is 0 Å². The lowest BCUT2D eigenvalue weighted by Crippen LogP contribution is -2.12. The monoisotopic (exact) mass is 300 g/mol. The van der Waals surface area contributed by atoms with Crippen LogP contribution >= 0.6 is 15.9 Å². The Bertz CT molecular complexity index is 390. The third-order valence-corrected chi connectivity index (χ3v) is 3.14. The summed E-state index contributed by atoms with van der Waals surface area (Å²) in [5.41, 5.74) is 2.27. The number of benzene rings is 1. The Morgan fingerprint density at radius 3 is 2.71 bits per heavy atom. The molecule has 1 unspecified atom stereocenters. The van der Waals surface area contributed by atoms with Crippen LogP contribution in [0, 0.1) is 6.92 Å². The molecule has 0 saturated carbocycles. The van der Waals surface area contributed by atoms with Crippen molar-refractivity contribution in [3.05, 3.63) is 29.3 Å². The second kappa shape index (κ2) is 6.64. The van der Waals surface area contributed by atoms with Crippen LogP contribution in [0.3, 0.4) is 0 Å². The Hall–Kier alpha value is -1.03. The Labute approximate surface area is 110 Å². The molecule has 3 nitrogen and oxygen atoms in total. The summed E-state index contributed by atoms with van der Waals surface area (Å²) in [6, 6.07) is 6.03. The zero-order chi connectivity index (χ0) is 12.8. The Kier molecular flexibility index (Phi) is 5.48. The minimum atomic E-state index is -0.210. The summed E-state index contributed by atoms with van der Waals surface area (Å²) in [6.07, 6.45) is 1.09. The molecule has 1 aromatic carbocycles. The zero-order valence-corrected chi connectivity index (χ0v) is 11.9. The highest BCUT2D eigenvalue weighted by Gasteiger charge is 2.14. The highest BCUT2D eigenvalue weighted by molar-refractivity contribution is 9.09. The molecule has 0 saturated heterocycles. The van der Waals surface area contributed by atoms with Crippen LogP contribution in [0.5, 0.6) is 5.75 Å². The standard InChI is InChI=1S/C13H17BrO3/c1-9-4-5-12(16-2)10(6-9)7-11(14)8-13(15)17-3/h4-6,11H,7-8H2,1-3H3. The summed E-state index contributed by atoms with van der Waals surface area (Å²) < 4.78 is 9.93. The minimum Gasteiger partial charge on any atom is -0.496 e. The van der Waals surface area contributed by atoms with Crippen molar-refractivity contribution in [2.45, 2.75) is 24.6 Å². The molecular formula is C13H17BrO3. The summed E-state index contributed by atoms with van der Waals surface area (Å²) in [4.78, 5) is 11.2. The van der Waals surface area contributed by atoms with Gasteiger partial charge in [0.2, 0.25) is 0 Å². The number of halogens is 1. The smallest absolute Gasteiger partial charge is 0.306 e. The third-order valence-electron chi connectivity index (χ3n) is 2.49. The zero-order valence-electron chi connectivity index (χ0n) is 10.3. The second-order valence-corrected chi connectivity index (χ2v) is 5.19. The van der Waals surface area contributed by atoms with Crippen LogP contribution in [-0.2, 0) is 16.0 Å². The van der Waals surface area contributed by atoms with Gasteiger partial charge in [-0.15, -0.1) is 0 Å². The predicted octanol–water partition coefficient (Wildman–Crippen LogP) is 2.87. The van der Waals surface area contributed by atoms with Gasteiger partial charge >= 0.3 is 5.97 Å². The fourth-order valence-corrected chi connectivity index (χ4v) is 2.25. The van der Waals surface area contributed by atoms with Crippen molar-refractivity contribution in [3.8, 4) is 5.75 Å². The van der Waals surface area contributed by atoms with Gasteiger partial charge < -0.3 is 9.47 Å². The van der Waals surface area contributed by atoms with Crippen LogP contribution < -0.4 is 4.74 Å². The largest absolute Gasteiger partial charge is 0.496 e. The highest BCUT2D eigenvalue weighted by Crippen LogP contribution is 2.24. The minimum absolute atomic E-state index is 0.0608. The maximum Gasteiger partial charge on any atom is 0.306 e. The Morgan fingerprint density at radius 1 is 1.41 bits per heavy atom. The summed E-state index contributed by atoms with van der Waals surface area (Å²) in [5, 5.41) is 0. The van der Waals surface area contributed by atoms with Gasteiger partial charge in [-0.1, -0.05) is 33.6 Å². The summed E-state index contributed by atoms with van der Waals surface area (Å²) in [5.74, 6) is 0.642. The van der Waals surface area contributed by atoms with Crippen molar-refractivity contribution in [2.24, 2.45) is 0 Å². The van der Waals surface area contributed by atoms with Crippen LogP contribution in [0.2, 0.25) is 0 Å². The van der Waals surface area contributed by atoms with Gasteiger partial charge in [-0.2, -0.15) is 0 Å². The van der Waals surface area contributed by atoms with Gasteiger partial charge in [-0.25, -0.2) is 0 Å². The number of ether oxygens (including phenoxy) is 2. The molecule has 0 aliphatic heterocycles. The fourth-order valence-electron chi connectivity index (χ4n) is 1.64. The van der Waals surface area contributed by atoms with Gasteiger partial charge in [0.25, 0.3) is 0 Å². The van der Waals surface area contributed by atoms with Crippen molar-refractivity contribution in [3.63, 3.8) is 0 Å². The first-order valence-electron chi connectivity index (χ1n) is 5.41. The molecule has 0 N–H and O–H groups in total. The lowest BCUT2D eigenvalue weighted by atomic mass is 10.0. The number of carbonyl (C=O) groups excluding carboxylic acids is 1. The van der Waals surface area contributed by atoms with Crippen LogP contribution in [0.4, 0.5) is 0 Å². The van der Waals surface area contributed by atoms with E-state index in [-0.39, 0.29) is 10.8 Å². The maximum absolute atomic E-state index is 11.2. The number of aryl methyl sites for hydroxylation is 1. The normalized spacial score (nSPS) is 12.0. The van der Waals surface area contributed by atoms with Crippen LogP contribution in [0.25, 0.3) is 0 Å². The van der Waals surface area contributed by atoms with Gasteiger partial charge in [0, 0.05) is 4.83 Å². The molecule has 4 heteroatoms. The van der Waals surface area contributed by atoms with E-state index in [1.807, 2.05) is 19.1 Å². The van der Waals surface area contributed by atoms with E-state index in [9.17, 15) is 4.79 Å². The molecule has 0 radical (unpaired) electrons. The molecule has 0 spiro atoms. The van der Waals surface area contributed by atoms with E-state index in [2.05, 4.69) is 26.7 Å². The lowest BCUT2D eigenvalue weighted by Gasteiger charge is -2.12. The van der Waals surface area contributed by atoms with E-state index in [1.165, 1.54) is 12.7 Å².